The number of morpholine rings is 1. The average Bonchev–Trinajstić information content (AvgIpc) is 3.43. The summed E-state index contributed by atoms with van der Waals surface area (Å²) in [5, 5.41) is 14.9. The van der Waals surface area contributed by atoms with E-state index in [2.05, 4.69) is 16.2 Å². The van der Waals surface area contributed by atoms with Gasteiger partial charge in [0.15, 0.2) is 6.23 Å². The first-order chi connectivity index (χ1) is 19.9. The molecule has 0 amide bonds. The Balaban J connectivity index is 1.50. The molecule has 42 heavy (non-hydrogen) atoms. The van der Waals surface area contributed by atoms with E-state index in [1.807, 2.05) is 0 Å². The number of hydrogen-bond donors (Lipinski definition) is 3. The monoisotopic (exact) mass is 611 g/mol. The predicted octanol–water partition coefficient (Wildman–Crippen LogP) is 3.46. The van der Waals surface area contributed by atoms with Crippen molar-refractivity contribution in [3.63, 3.8) is 0 Å². The van der Waals surface area contributed by atoms with Gasteiger partial charge in [-0.25, -0.2) is 10.9 Å². The molecule has 16 heteroatoms. The van der Waals surface area contributed by atoms with Gasteiger partial charge in [-0.2, -0.15) is 26.3 Å². The van der Waals surface area contributed by atoms with Gasteiger partial charge in [0.2, 0.25) is 11.6 Å². The Labute approximate surface area is 238 Å². The number of nitro groups is 1. The largest absolute Gasteiger partial charge is 0.421 e. The molecule has 4 saturated heterocycles. The van der Waals surface area contributed by atoms with Crippen molar-refractivity contribution in [2.45, 2.75) is 99.8 Å². The molecular weight excluding hydrogens is 576 g/mol. The minimum absolute atomic E-state index is 0.0991. The second-order valence-corrected chi connectivity index (χ2v) is 11.3. The lowest BCUT2D eigenvalue weighted by Gasteiger charge is -2.49. The maximum atomic E-state index is 14.9. The second kappa shape index (κ2) is 12.5. The minimum atomic E-state index is -4.92. The first kappa shape index (κ1) is 31.3. The van der Waals surface area contributed by atoms with Gasteiger partial charge in [-0.3, -0.25) is 20.3 Å². The summed E-state index contributed by atoms with van der Waals surface area (Å²) < 4.78 is 105. The molecule has 3 N–H and O–H groups in total. The Kier molecular flexibility index (Phi) is 9.33. The summed E-state index contributed by atoms with van der Waals surface area (Å²) in [4.78, 5) is 12.9. The van der Waals surface area contributed by atoms with E-state index < -0.39 is 78.4 Å². The Morgan fingerprint density at radius 3 is 2.55 bits per heavy atom. The van der Waals surface area contributed by atoms with Crippen LogP contribution < -0.4 is 16.2 Å². The normalized spacial score (nSPS) is 37.0. The number of ether oxygens (including phenoxy) is 3. The van der Waals surface area contributed by atoms with Crippen molar-refractivity contribution >= 4 is 0 Å². The molecule has 10 nitrogen and oxygen atoms in total. The van der Waals surface area contributed by atoms with Crippen LogP contribution in [0.4, 0.5) is 26.3 Å². The Morgan fingerprint density at radius 2 is 1.86 bits per heavy atom. The van der Waals surface area contributed by atoms with Crippen LogP contribution >= 0.6 is 0 Å². The number of benzene rings is 1. The first-order valence-electron chi connectivity index (χ1n) is 14.1. The number of nitrogens with one attached hydrogen (secondary N) is 3. The van der Waals surface area contributed by atoms with Crippen molar-refractivity contribution in [3.05, 3.63) is 46.0 Å². The van der Waals surface area contributed by atoms with E-state index >= 15 is 0 Å². The van der Waals surface area contributed by atoms with Crippen LogP contribution in [0.3, 0.4) is 0 Å². The highest BCUT2D eigenvalue weighted by Gasteiger charge is 2.65. The molecular formula is C26H35F6N5O5. The average molecular weight is 612 g/mol. The third kappa shape index (κ3) is 6.39. The zero-order chi connectivity index (χ0) is 30.1. The van der Waals surface area contributed by atoms with Gasteiger partial charge in [0, 0.05) is 23.9 Å². The second-order valence-electron chi connectivity index (χ2n) is 11.3. The topological polar surface area (TPSA) is 110 Å². The highest BCUT2D eigenvalue weighted by Crippen LogP contribution is 2.45. The van der Waals surface area contributed by atoms with Crippen LogP contribution in [0.2, 0.25) is 0 Å². The molecule has 0 spiro atoms. The third-order valence-corrected chi connectivity index (χ3v) is 8.77. The fourth-order valence-corrected chi connectivity index (χ4v) is 6.54. The zero-order valence-electron chi connectivity index (χ0n) is 22.7. The number of alkyl halides is 6. The highest BCUT2D eigenvalue weighted by atomic mass is 19.4. The van der Waals surface area contributed by atoms with E-state index in [4.69, 9.17) is 14.2 Å². The Bertz CT molecular complexity index is 1070. The molecule has 1 aromatic carbocycles. The van der Waals surface area contributed by atoms with Crippen molar-refractivity contribution in [3.8, 4) is 0 Å². The Morgan fingerprint density at radius 1 is 1.10 bits per heavy atom. The van der Waals surface area contributed by atoms with Crippen molar-refractivity contribution in [1.29, 1.82) is 0 Å². The van der Waals surface area contributed by atoms with Gasteiger partial charge < -0.3 is 14.2 Å². The number of hydrogen-bond acceptors (Lipinski definition) is 9. The fraction of sp³-hybridized carbons (Fsp3) is 0.769. The van der Waals surface area contributed by atoms with Crippen LogP contribution in [0.25, 0.3) is 0 Å². The third-order valence-electron chi connectivity index (χ3n) is 8.77. The number of piperidine rings is 1. The molecule has 0 saturated carbocycles. The fourth-order valence-electron chi connectivity index (χ4n) is 6.54. The van der Waals surface area contributed by atoms with E-state index in [9.17, 15) is 36.5 Å². The van der Waals surface area contributed by atoms with Crippen molar-refractivity contribution in [2.24, 2.45) is 5.92 Å². The molecule has 0 aliphatic carbocycles. The minimum Gasteiger partial charge on any atom is -0.378 e. The summed E-state index contributed by atoms with van der Waals surface area (Å²) in [6, 6.07) is 4.70. The first-order valence-corrected chi connectivity index (χ1v) is 14.1. The van der Waals surface area contributed by atoms with E-state index in [1.165, 1.54) is 0 Å². The van der Waals surface area contributed by atoms with Gasteiger partial charge in [-0.05, 0) is 18.4 Å². The smallest absolute Gasteiger partial charge is 0.378 e. The molecule has 0 aromatic heterocycles. The number of rotatable bonds is 4. The molecule has 8 atom stereocenters. The number of nitrogens with zero attached hydrogens (tertiary/aromatic N) is 2. The van der Waals surface area contributed by atoms with E-state index in [0.717, 1.165) is 0 Å². The Hall–Kier alpha value is -2.08. The molecule has 1 aromatic rings. The van der Waals surface area contributed by atoms with Gasteiger partial charge in [-0.1, -0.05) is 49.6 Å². The molecule has 0 radical (unpaired) electrons. The SMILES string of the molecule is O=[N+]([O-])C1CC(C(F)(F)F)C2NC1C1NNC(O1)C(OCc1ccccc1)(C(F)(F)F)CCCCC[C@@H]1COCCN21. The standard InChI is InChI=1S/C26H35F6N5O5/c27-25(28,29)18-13-19(37(38)39)20-22-34-35-23(42-22)24(26(30,31)32,41-14-16-7-3-1-4-8-16)10-6-2-5-9-17-15-40-12-11-36(17)21(18)33-20/h1,3-4,7-8,17-23,33-35H,2,5-6,9-15H2/t17-,18?,19?,20?,21?,22?,23?,24?/m1/s1. The van der Waals surface area contributed by atoms with Crippen LogP contribution in [0, 0.1) is 16.0 Å². The maximum absolute atomic E-state index is 14.9. The van der Waals surface area contributed by atoms with Crippen LogP contribution in [0.5, 0.6) is 0 Å². The van der Waals surface area contributed by atoms with E-state index in [-0.39, 0.29) is 32.8 Å². The van der Waals surface area contributed by atoms with Gasteiger partial charge in [0.05, 0.1) is 31.9 Å². The van der Waals surface area contributed by atoms with Crippen LogP contribution in [-0.2, 0) is 20.8 Å². The molecule has 4 aliphatic rings. The predicted molar refractivity (Wildman–Crippen MR) is 135 cm³/mol. The van der Waals surface area contributed by atoms with Crippen LogP contribution in [-0.4, -0.2) is 84.3 Å². The van der Waals surface area contributed by atoms with E-state index in [0.29, 0.717) is 24.8 Å². The van der Waals surface area contributed by atoms with Gasteiger partial charge in [-0.15, -0.1) is 0 Å². The summed E-state index contributed by atoms with van der Waals surface area (Å²) in [7, 11) is 0. The lowest BCUT2D eigenvalue weighted by molar-refractivity contribution is -0.538. The van der Waals surface area contributed by atoms with Crippen molar-refractivity contribution in [1.82, 2.24) is 21.1 Å². The summed E-state index contributed by atoms with van der Waals surface area (Å²) in [5.41, 5.74) is 2.72. The van der Waals surface area contributed by atoms with E-state index in [1.54, 1.807) is 35.2 Å². The molecule has 5 rings (SSSR count). The zero-order valence-corrected chi connectivity index (χ0v) is 22.7. The quantitative estimate of drug-likeness (QED) is 0.268. The molecule has 4 bridgehead atoms. The lowest BCUT2D eigenvalue weighted by Crippen LogP contribution is -2.71. The van der Waals surface area contributed by atoms with Crippen molar-refractivity contribution < 1.29 is 45.5 Å². The van der Waals surface area contributed by atoms with Gasteiger partial charge in [0.1, 0.15) is 12.3 Å². The molecule has 4 aliphatic heterocycles. The summed E-state index contributed by atoms with van der Waals surface area (Å²) in [5.74, 6) is -2.08. The molecule has 4 fully saturated rings. The lowest BCUT2D eigenvalue weighted by atomic mass is 9.84. The summed E-state index contributed by atoms with van der Waals surface area (Å²) >= 11 is 0. The highest BCUT2D eigenvalue weighted by molar-refractivity contribution is 5.14. The summed E-state index contributed by atoms with van der Waals surface area (Å²) in [6.45, 7) is 0.141. The van der Waals surface area contributed by atoms with Crippen molar-refractivity contribution in [2.75, 3.05) is 19.8 Å². The van der Waals surface area contributed by atoms with Crippen LogP contribution in [0.15, 0.2) is 30.3 Å². The summed E-state index contributed by atoms with van der Waals surface area (Å²) in [6.07, 6.45) is -14.3. The molecule has 7 unspecified atom stereocenters. The van der Waals surface area contributed by atoms with Gasteiger partial charge in [0.25, 0.3) is 0 Å². The molecule has 4 heterocycles. The van der Waals surface area contributed by atoms with Gasteiger partial charge >= 0.3 is 12.4 Å². The maximum Gasteiger partial charge on any atom is 0.421 e. The number of hydrazine groups is 1. The number of halogens is 6. The number of fused-ring (bicyclic) bond motifs is 7. The molecule has 236 valence electrons. The van der Waals surface area contributed by atoms with Crippen LogP contribution in [0.1, 0.15) is 44.1 Å².